The van der Waals surface area contributed by atoms with Crippen LogP contribution in [-0.2, 0) is 11.3 Å². The molecule has 1 aromatic carbocycles. The van der Waals surface area contributed by atoms with Crippen LogP contribution in [0.1, 0.15) is 34.6 Å². The van der Waals surface area contributed by atoms with Gasteiger partial charge in [-0.05, 0) is 18.6 Å². The number of nitrogens with one attached hydrogen (secondary N) is 1. The van der Waals surface area contributed by atoms with Gasteiger partial charge in [-0.15, -0.1) is 0 Å². The topological polar surface area (TPSA) is 64.4 Å². The molecule has 0 saturated heterocycles. The number of benzene rings is 1. The van der Waals surface area contributed by atoms with Crippen molar-refractivity contribution in [3.63, 3.8) is 0 Å². The van der Waals surface area contributed by atoms with E-state index in [1.54, 1.807) is 0 Å². The number of rotatable bonds is 5. The van der Waals surface area contributed by atoms with Gasteiger partial charge < -0.3 is 14.6 Å². The van der Waals surface area contributed by atoms with Crippen molar-refractivity contribution in [1.82, 2.24) is 10.5 Å². The Morgan fingerprint density at radius 2 is 2.25 bits per heavy atom. The van der Waals surface area contributed by atoms with Crippen LogP contribution in [0.2, 0.25) is 0 Å². The zero-order valence-electron chi connectivity index (χ0n) is 11.2. The Morgan fingerprint density at radius 1 is 1.50 bits per heavy atom. The summed E-state index contributed by atoms with van der Waals surface area (Å²) in [5.74, 6) is 0.0207. The minimum atomic E-state index is -0.448. The number of carbonyl (C=O) groups excluding carboxylic acids is 1. The molecule has 1 unspecified atom stereocenters. The molecule has 2 rings (SSSR count). The minimum absolute atomic E-state index is 0.0983. The number of esters is 1. The molecule has 0 bridgehead atoms. The number of hydrogen-bond donors (Lipinski definition) is 1. The molecule has 0 aliphatic rings. The molecule has 5 nitrogen and oxygen atoms in total. The van der Waals surface area contributed by atoms with Crippen molar-refractivity contribution >= 4 is 21.9 Å². The highest BCUT2D eigenvalue weighted by atomic mass is 79.9. The largest absolute Gasteiger partial charge is 0.465 e. The molecule has 0 saturated carbocycles. The van der Waals surface area contributed by atoms with Crippen LogP contribution in [0.3, 0.4) is 0 Å². The minimum Gasteiger partial charge on any atom is -0.465 e. The maximum atomic E-state index is 11.5. The summed E-state index contributed by atoms with van der Waals surface area (Å²) in [5, 5.41) is 6.92. The van der Waals surface area contributed by atoms with Crippen LogP contribution in [-0.4, -0.2) is 18.2 Å². The van der Waals surface area contributed by atoms with Gasteiger partial charge >= 0.3 is 5.97 Å². The molecule has 0 aliphatic heterocycles. The second kappa shape index (κ2) is 6.67. The fourth-order valence-corrected chi connectivity index (χ4v) is 2.48. The first-order valence-electron chi connectivity index (χ1n) is 6.13. The number of aromatic nitrogens is 1. The Balaban J connectivity index is 2.04. The van der Waals surface area contributed by atoms with Gasteiger partial charge in [-0.2, -0.15) is 0 Å². The number of nitrogens with zero attached hydrogens (tertiary/aromatic N) is 1. The zero-order valence-corrected chi connectivity index (χ0v) is 12.8. The Labute approximate surface area is 125 Å². The SMILES string of the molecule is COC(=O)c1cnoc1CNC(C)c1ccccc1Br. The van der Waals surface area contributed by atoms with Crippen LogP contribution in [0.25, 0.3) is 0 Å². The molecule has 2 aromatic rings. The third-order valence-corrected chi connectivity index (χ3v) is 3.71. The fourth-order valence-electron chi connectivity index (χ4n) is 1.85. The highest BCUT2D eigenvalue weighted by molar-refractivity contribution is 9.10. The second-order valence-electron chi connectivity index (χ2n) is 4.28. The van der Waals surface area contributed by atoms with E-state index in [-0.39, 0.29) is 6.04 Å². The molecule has 1 aromatic heterocycles. The van der Waals surface area contributed by atoms with E-state index in [1.165, 1.54) is 13.3 Å². The average Bonchev–Trinajstić information content (AvgIpc) is 2.93. The van der Waals surface area contributed by atoms with Gasteiger partial charge in [-0.1, -0.05) is 39.3 Å². The van der Waals surface area contributed by atoms with Crippen molar-refractivity contribution in [2.24, 2.45) is 0 Å². The lowest BCUT2D eigenvalue weighted by molar-refractivity contribution is 0.0598. The molecule has 0 radical (unpaired) electrons. The van der Waals surface area contributed by atoms with Gasteiger partial charge in [-0.3, -0.25) is 0 Å². The predicted molar refractivity (Wildman–Crippen MR) is 77.2 cm³/mol. The Morgan fingerprint density at radius 3 is 2.95 bits per heavy atom. The van der Waals surface area contributed by atoms with Crippen molar-refractivity contribution in [3.05, 3.63) is 51.8 Å². The average molecular weight is 339 g/mol. The maximum Gasteiger partial charge on any atom is 0.343 e. The van der Waals surface area contributed by atoms with E-state index in [9.17, 15) is 4.79 Å². The Kier molecular flexibility index (Phi) is 4.92. The van der Waals surface area contributed by atoms with Gasteiger partial charge in [0.15, 0.2) is 5.76 Å². The lowest BCUT2D eigenvalue weighted by Gasteiger charge is -2.15. The highest BCUT2D eigenvalue weighted by Gasteiger charge is 2.17. The third-order valence-electron chi connectivity index (χ3n) is 2.99. The van der Waals surface area contributed by atoms with Crippen LogP contribution >= 0.6 is 15.9 Å². The molecule has 6 heteroatoms. The predicted octanol–water partition coefficient (Wildman–Crippen LogP) is 3.07. The van der Waals surface area contributed by atoms with Gasteiger partial charge in [0.25, 0.3) is 0 Å². The van der Waals surface area contributed by atoms with Crippen molar-refractivity contribution < 1.29 is 14.1 Å². The van der Waals surface area contributed by atoms with Gasteiger partial charge in [-0.25, -0.2) is 4.79 Å². The number of ether oxygens (including phenoxy) is 1. The summed E-state index contributed by atoms with van der Waals surface area (Å²) in [6.07, 6.45) is 1.37. The van der Waals surface area contributed by atoms with E-state index < -0.39 is 5.97 Å². The quantitative estimate of drug-likeness (QED) is 0.848. The van der Waals surface area contributed by atoms with Crippen LogP contribution in [0.15, 0.2) is 39.5 Å². The fraction of sp³-hybridized carbons (Fsp3) is 0.286. The molecule has 1 heterocycles. The number of carbonyl (C=O) groups is 1. The lowest BCUT2D eigenvalue weighted by atomic mass is 10.1. The van der Waals surface area contributed by atoms with E-state index in [4.69, 9.17) is 4.52 Å². The van der Waals surface area contributed by atoms with Gasteiger partial charge in [0.2, 0.25) is 0 Å². The third kappa shape index (κ3) is 3.26. The molecular weight excluding hydrogens is 324 g/mol. The smallest absolute Gasteiger partial charge is 0.343 e. The Hall–Kier alpha value is -1.66. The summed E-state index contributed by atoms with van der Waals surface area (Å²) in [6.45, 7) is 2.43. The van der Waals surface area contributed by atoms with E-state index in [1.807, 2.05) is 31.2 Å². The zero-order chi connectivity index (χ0) is 14.5. The van der Waals surface area contributed by atoms with E-state index >= 15 is 0 Å². The summed E-state index contributed by atoms with van der Waals surface area (Å²) in [6, 6.07) is 8.06. The monoisotopic (exact) mass is 338 g/mol. The van der Waals surface area contributed by atoms with Gasteiger partial charge in [0.05, 0.1) is 19.9 Å². The maximum absolute atomic E-state index is 11.5. The Bertz CT molecular complexity index is 598. The molecule has 20 heavy (non-hydrogen) atoms. The first-order chi connectivity index (χ1) is 9.63. The van der Waals surface area contributed by atoms with E-state index in [0.29, 0.717) is 17.9 Å². The van der Waals surface area contributed by atoms with Crippen LogP contribution in [0.5, 0.6) is 0 Å². The molecular formula is C14H15BrN2O3. The number of halogens is 1. The summed E-state index contributed by atoms with van der Waals surface area (Å²) in [7, 11) is 1.33. The normalized spacial score (nSPS) is 12.2. The van der Waals surface area contributed by atoms with Crippen molar-refractivity contribution in [2.45, 2.75) is 19.5 Å². The van der Waals surface area contributed by atoms with Crippen LogP contribution in [0.4, 0.5) is 0 Å². The second-order valence-corrected chi connectivity index (χ2v) is 5.13. The van der Waals surface area contributed by atoms with Crippen LogP contribution in [0, 0.1) is 0 Å². The standard InChI is InChI=1S/C14H15BrN2O3/c1-9(10-5-3-4-6-12(10)15)16-8-13-11(7-17-20-13)14(18)19-2/h3-7,9,16H,8H2,1-2H3. The lowest BCUT2D eigenvalue weighted by Crippen LogP contribution is -2.19. The first kappa shape index (κ1) is 14.7. The van der Waals surface area contributed by atoms with Crippen LogP contribution < -0.4 is 5.32 Å². The van der Waals surface area contributed by atoms with E-state index in [2.05, 4.69) is 31.1 Å². The first-order valence-corrected chi connectivity index (χ1v) is 6.92. The molecule has 1 N–H and O–H groups in total. The molecule has 0 amide bonds. The van der Waals surface area contributed by atoms with Gasteiger partial charge in [0, 0.05) is 10.5 Å². The van der Waals surface area contributed by atoms with Crippen molar-refractivity contribution in [2.75, 3.05) is 7.11 Å². The summed E-state index contributed by atoms with van der Waals surface area (Å²) >= 11 is 3.51. The molecule has 106 valence electrons. The molecule has 1 atom stereocenters. The van der Waals surface area contributed by atoms with Crippen molar-refractivity contribution in [1.29, 1.82) is 0 Å². The summed E-state index contributed by atoms with van der Waals surface area (Å²) < 4.78 is 10.8. The van der Waals surface area contributed by atoms with E-state index in [0.717, 1.165) is 10.0 Å². The molecule has 0 fully saturated rings. The number of methoxy groups -OCH3 is 1. The highest BCUT2D eigenvalue weighted by Crippen LogP contribution is 2.23. The number of hydrogen-bond acceptors (Lipinski definition) is 5. The van der Waals surface area contributed by atoms with Gasteiger partial charge in [0.1, 0.15) is 5.56 Å². The summed E-state index contributed by atoms with van der Waals surface area (Å²) in [5.41, 5.74) is 1.48. The summed E-state index contributed by atoms with van der Waals surface area (Å²) in [4.78, 5) is 11.5. The molecule has 0 spiro atoms. The van der Waals surface area contributed by atoms with Crippen molar-refractivity contribution in [3.8, 4) is 0 Å². The molecule has 0 aliphatic carbocycles.